The van der Waals surface area contributed by atoms with Crippen molar-refractivity contribution in [2.75, 3.05) is 7.11 Å². The number of allylic oxidation sites excluding steroid dienone is 2. The van der Waals surface area contributed by atoms with Crippen LogP contribution < -0.4 is 0 Å². The summed E-state index contributed by atoms with van der Waals surface area (Å²) in [6, 6.07) is 21.6. The second-order valence-corrected chi connectivity index (χ2v) is 7.13. The second-order valence-electron chi connectivity index (χ2n) is 4.91. The molecule has 0 aliphatic heterocycles. The van der Waals surface area contributed by atoms with Crippen molar-refractivity contribution in [3.8, 4) is 0 Å². The smallest absolute Gasteiger partial charge is 0.161 e. The molecule has 0 aromatic heterocycles. The van der Waals surface area contributed by atoms with E-state index in [1.54, 1.807) is 7.11 Å². The quantitative estimate of drug-likeness (QED) is 0.750. The van der Waals surface area contributed by atoms with Crippen LogP contribution in [0, 0.1) is 0 Å². The summed E-state index contributed by atoms with van der Waals surface area (Å²) in [5.74, 6) is 0.968. The molecule has 0 saturated carbocycles. The van der Waals surface area contributed by atoms with Crippen molar-refractivity contribution >= 4 is 10.9 Å². The summed E-state index contributed by atoms with van der Waals surface area (Å²) in [4.78, 5) is 2.79. The van der Waals surface area contributed by atoms with Gasteiger partial charge in [0.15, 0.2) is 15.0 Å². The lowest BCUT2D eigenvalue weighted by Gasteiger charge is -2.18. The van der Waals surface area contributed by atoms with Crippen molar-refractivity contribution in [3.05, 3.63) is 84.7 Å². The fraction of sp³-hybridized carbons (Fsp3) is 0.158. The summed E-state index contributed by atoms with van der Waals surface area (Å²) in [7, 11) is 1.79. The van der Waals surface area contributed by atoms with E-state index in [-0.39, 0.29) is 10.9 Å². The Bertz CT molecular complexity index is 592. The number of methoxy groups -OCH3 is 1. The highest BCUT2D eigenvalue weighted by Gasteiger charge is 2.34. The Morgan fingerprint density at radius 2 is 1.48 bits per heavy atom. The number of hydrogen-bond acceptors (Lipinski definition) is 1. The van der Waals surface area contributed by atoms with Gasteiger partial charge in [-0.2, -0.15) is 0 Å². The molecule has 0 radical (unpaired) electrons. The molecule has 0 heterocycles. The highest BCUT2D eigenvalue weighted by Crippen LogP contribution is 2.32. The van der Waals surface area contributed by atoms with Crippen LogP contribution in [-0.2, 0) is 15.6 Å². The van der Waals surface area contributed by atoms with E-state index >= 15 is 0 Å². The van der Waals surface area contributed by atoms with Crippen LogP contribution in [0.15, 0.2) is 94.4 Å². The van der Waals surface area contributed by atoms with Gasteiger partial charge in [0.2, 0.25) is 0 Å². The minimum absolute atomic E-state index is 0.0584. The number of ether oxygens (including phenoxy) is 1. The van der Waals surface area contributed by atoms with Gasteiger partial charge in [0.1, 0.15) is 5.76 Å². The minimum Gasteiger partial charge on any atom is -0.497 e. The molecule has 0 saturated heterocycles. The third-order valence-corrected chi connectivity index (χ3v) is 6.07. The summed E-state index contributed by atoms with van der Waals surface area (Å²) in [6.07, 6.45) is 7.60. The van der Waals surface area contributed by atoms with Crippen LogP contribution >= 0.6 is 0 Å². The minimum atomic E-state index is 0.0584. The topological polar surface area (TPSA) is 9.23 Å². The molecule has 1 nitrogen and oxygen atoms in total. The molecule has 2 aromatic rings. The molecule has 1 unspecified atom stereocenters. The van der Waals surface area contributed by atoms with Gasteiger partial charge in [-0.05, 0) is 42.5 Å². The summed E-state index contributed by atoms with van der Waals surface area (Å²) in [5.41, 5.74) is 0. The van der Waals surface area contributed by atoms with E-state index in [4.69, 9.17) is 4.74 Å². The van der Waals surface area contributed by atoms with Gasteiger partial charge in [-0.3, -0.25) is 0 Å². The zero-order chi connectivity index (χ0) is 14.5. The van der Waals surface area contributed by atoms with Crippen molar-refractivity contribution < 1.29 is 4.74 Å². The average molecular weight is 295 g/mol. The van der Waals surface area contributed by atoms with E-state index in [1.165, 1.54) is 9.79 Å². The standard InChI is InChI=1S/C19H19OS/c1-20-16-12-14-19(15-13-16)21(17-8-4-2-5-9-17)18-10-6-3-7-11-18/h2-14,19H,15H2,1H3/q+1. The Hall–Kier alpha value is -1.93. The molecular formula is C19H19OS+. The molecule has 21 heavy (non-hydrogen) atoms. The lowest BCUT2D eigenvalue weighted by atomic mass is 10.2. The van der Waals surface area contributed by atoms with Gasteiger partial charge in [-0.15, -0.1) is 0 Å². The summed E-state index contributed by atoms with van der Waals surface area (Å²) >= 11 is 0. The molecule has 0 N–H and O–H groups in total. The van der Waals surface area contributed by atoms with Crippen LogP contribution in [-0.4, -0.2) is 12.4 Å². The third kappa shape index (κ3) is 3.22. The fourth-order valence-electron chi connectivity index (χ4n) is 2.53. The maximum absolute atomic E-state index is 5.31. The van der Waals surface area contributed by atoms with Crippen LogP contribution in [0.4, 0.5) is 0 Å². The Labute approximate surface area is 129 Å². The van der Waals surface area contributed by atoms with Crippen LogP contribution in [0.3, 0.4) is 0 Å². The van der Waals surface area contributed by atoms with E-state index in [1.807, 2.05) is 0 Å². The Kier molecular flexibility index (Phi) is 4.46. The molecule has 1 aliphatic carbocycles. The first-order valence-electron chi connectivity index (χ1n) is 7.14. The van der Waals surface area contributed by atoms with Crippen LogP contribution in [0.1, 0.15) is 6.42 Å². The molecule has 0 amide bonds. The van der Waals surface area contributed by atoms with Crippen molar-refractivity contribution in [3.63, 3.8) is 0 Å². The largest absolute Gasteiger partial charge is 0.497 e. The number of rotatable bonds is 4. The van der Waals surface area contributed by atoms with Gasteiger partial charge in [-0.25, -0.2) is 0 Å². The van der Waals surface area contributed by atoms with Crippen LogP contribution in [0.2, 0.25) is 0 Å². The van der Waals surface area contributed by atoms with Crippen molar-refractivity contribution in [1.29, 1.82) is 0 Å². The summed E-state index contributed by atoms with van der Waals surface area (Å²) in [6.45, 7) is 0. The molecular weight excluding hydrogens is 276 g/mol. The van der Waals surface area contributed by atoms with E-state index in [0.29, 0.717) is 5.25 Å². The summed E-state index contributed by atoms with van der Waals surface area (Å²) < 4.78 is 5.31. The maximum Gasteiger partial charge on any atom is 0.161 e. The monoisotopic (exact) mass is 295 g/mol. The Morgan fingerprint density at radius 3 is 1.90 bits per heavy atom. The predicted molar refractivity (Wildman–Crippen MR) is 89.4 cm³/mol. The van der Waals surface area contributed by atoms with Gasteiger partial charge in [0, 0.05) is 6.42 Å². The first kappa shape index (κ1) is 14.0. The van der Waals surface area contributed by atoms with Gasteiger partial charge in [0.05, 0.1) is 18.0 Å². The Balaban J connectivity index is 1.95. The average Bonchev–Trinajstić information content (AvgIpc) is 2.58. The van der Waals surface area contributed by atoms with Gasteiger partial charge >= 0.3 is 0 Å². The molecule has 0 fully saturated rings. The zero-order valence-corrected chi connectivity index (χ0v) is 12.9. The van der Waals surface area contributed by atoms with Crippen molar-refractivity contribution in [1.82, 2.24) is 0 Å². The molecule has 2 heteroatoms. The SMILES string of the molecule is COC1=CCC([S+](c2ccccc2)c2ccccc2)C=C1. The second kappa shape index (κ2) is 6.68. The first-order chi connectivity index (χ1) is 10.4. The molecule has 0 bridgehead atoms. The fourth-order valence-corrected chi connectivity index (χ4v) is 4.92. The van der Waals surface area contributed by atoms with E-state index in [0.717, 1.165) is 12.2 Å². The highest BCUT2D eigenvalue weighted by molar-refractivity contribution is 7.97. The van der Waals surface area contributed by atoms with Crippen LogP contribution in [0.25, 0.3) is 0 Å². The predicted octanol–water partition coefficient (Wildman–Crippen LogP) is 4.58. The molecule has 0 spiro atoms. The van der Waals surface area contributed by atoms with E-state index in [9.17, 15) is 0 Å². The Morgan fingerprint density at radius 1 is 0.905 bits per heavy atom. The van der Waals surface area contributed by atoms with Gasteiger partial charge < -0.3 is 4.74 Å². The van der Waals surface area contributed by atoms with Crippen molar-refractivity contribution in [2.24, 2.45) is 0 Å². The summed E-state index contributed by atoms with van der Waals surface area (Å²) in [5, 5.41) is 0.494. The maximum atomic E-state index is 5.31. The lowest BCUT2D eigenvalue weighted by molar-refractivity contribution is 0.304. The third-order valence-electron chi connectivity index (χ3n) is 3.56. The van der Waals surface area contributed by atoms with E-state index < -0.39 is 0 Å². The lowest BCUT2D eigenvalue weighted by Crippen LogP contribution is -2.21. The number of hydrogen-bond donors (Lipinski definition) is 0. The molecule has 1 atom stereocenters. The number of benzene rings is 2. The van der Waals surface area contributed by atoms with E-state index in [2.05, 4.69) is 78.9 Å². The van der Waals surface area contributed by atoms with Gasteiger partial charge in [-0.1, -0.05) is 36.4 Å². The molecule has 1 aliphatic rings. The van der Waals surface area contributed by atoms with Crippen molar-refractivity contribution in [2.45, 2.75) is 21.5 Å². The van der Waals surface area contributed by atoms with Gasteiger partial charge in [0.25, 0.3) is 0 Å². The molecule has 2 aromatic carbocycles. The zero-order valence-electron chi connectivity index (χ0n) is 12.1. The van der Waals surface area contributed by atoms with Crippen LogP contribution in [0.5, 0.6) is 0 Å². The highest BCUT2D eigenvalue weighted by atomic mass is 32.2. The molecule has 3 rings (SSSR count). The molecule has 106 valence electrons. The normalized spacial score (nSPS) is 17.6. The first-order valence-corrected chi connectivity index (χ1v) is 8.43.